The van der Waals surface area contributed by atoms with Crippen molar-refractivity contribution >= 4 is 5.91 Å². The van der Waals surface area contributed by atoms with E-state index in [1.54, 1.807) is 0 Å². The monoisotopic (exact) mass is 206 g/mol. The minimum absolute atomic E-state index is 0.0896. The lowest BCUT2D eigenvalue weighted by Gasteiger charge is -2.27. The van der Waals surface area contributed by atoms with Gasteiger partial charge in [-0.15, -0.1) is 0 Å². The molecule has 0 heterocycles. The summed E-state index contributed by atoms with van der Waals surface area (Å²) in [4.78, 5) is 11.3. The van der Waals surface area contributed by atoms with Crippen molar-refractivity contribution in [1.82, 2.24) is 5.32 Å². The van der Waals surface area contributed by atoms with Crippen molar-refractivity contribution in [2.24, 2.45) is 11.7 Å². The number of nitrogens with one attached hydrogen (secondary N) is 1. The van der Waals surface area contributed by atoms with Gasteiger partial charge >= 0.3 is 0 Å². The number of amides is 1. The fraction of sp³-hybridized carbons (Fsp3) is 0.889. The molecule has 82 valence electrons. The van der Waals surface area contributed by atoms with Gasteiger partial charge in [-0.3, -0.25) is 4.79 Å². The van der Waals surface area contributed by atoms with Crippen molar-refractivity contribution < 1.29 is 13.6 Å². The molecule has 0 aromatic carbocycles. The summed E-state index contributed by atoms with van der Waals surface area (Å²) in [5.41, 5.74) is 5.20. The quantitative estimate of drug-likeness (QED) is 0.720. The van der Waals surface area contributed by atoms with Crippen LogP contribution in [0.5, 0.6) is 0 Å². The maximum atomic E-state index is 12.9. The lowest BCUT2D eigenvalue weighted by atomic mass is 9.86. The second-order valence-corrected chi connectivity index (χ2v) is 3.73. The minimum Gasteiger partial charge on any atom is -0.355 e. The fourth-order valence-corrected chi connectivity index (χ4v) is 1.74. The lowest BCUT2D eigenvalue weighted by Crippen LogP contribution is -2.39. The van der Waals surface area contributed by atoms with E-state index in [-0.39, 0.29) is 18.7 Å². The average Bonchev–Trinajstić information content (AvgIpc) is 2.12. The highest BCUT2D eigenvalue weighted by Crippen LogP contribution is 2.36. The molecule has 0 saturated heterocycles. The number of hydrogen-bond acceptors (Lipinski definition) is 2. The fourth-order valence-electron chi connectivity index (χ4n) is 1.74. The summed E-state index contributed by atoms with van der Waals surface area (Å²) in [6.07, 6.45) is 0.580. The first-order valence-corrected chi connectivity index (χ1v) is 4.91. The number of alkyl halides is 2. The van der Waals surface area contributed by atoms with Gasteiger partial charge in [0.05, 0.1) is 0 Å². The van der Waals surface area contributed by atoms with Crippen molar-refractivity contribution in [2.45, 2.75) is 31.6 Å². The zero-order valence-corrected chi connectivity index (χ0v) is 8.06. The second kappa shape index (κ2) is 4.68. The molecule has 0 spiro atoms. The molecule has 0 radical (unpaired) electrons. The Bertz CT molecular complexity index is 209. The van der Waals surface area contributed by atoms with Crippen LogP contribution in [-0.4, -0.2) is 24.9 Å². The summed E-state index contributed by atoms with van der Waals surface area (Å²) >= 11 is 0. The highest BCUT2D eigenvalue weighted by molar-refractivity contribution is 5.78. The van der Waals surface area contributed by atoms with E-state index in [2.05, 4.69) is 5.32 Å². The maximum absolute atomic E-state index is 12.9. The highest BCUT2D eigenvalue weighted by atomic mass is 19.3. The predicted molar refractivity (Wildman–Crippen MR) is 49.0 cm³/mol. The molecule has 5 heteroatoms. The number of nitrogens with two attached hydrogens (primary N) is 1. The molecule has 1 saturated carbocycles. The molecular weight excluding hydrogens is 190 g/mol. The Morgan fingerprint density at radius 3 is 2.86 bits per heavy atom. The molecule has 1 aliphatic rings. The molecule has 1 fully saturated rings. The van der Waals surface area contributed by atoms with Crippen molar-refractivity contribution in [2.75, 3.05) is 13.1 Å². The van der Waals surface area contributed by atoms with Gasteiger partial charge in [0.15, 0.2) is 0 Å². The molecular formula is C9H16F2N2O. The number of carbonyl (C=O) groups is 1. The normalized spacial score (nSPS) is 25.8. The highest BCUT2D eigenvalue weighted by Gasteiger charge is 2.38. The van der Waals surface area contributed by atoms with Crippen LogP contribution in [0.1, 0.15) is 25.7 Å². The van der Waals surface area contributed by atoms with E-state index in [1.165, 1.54) is 0 Å². The standard InChI is InChI=1S/C9H16F2N2O/c10-9(11)3-1-2-7(6-9)8(14)13-5-4-12/h7H,1-6,12H2,(H,13,14). The first-order chi connectivity index (χ1) is 6.55. The van der Waals surface area contributed by atoms with Crippen LogP contribution >= 0.6 is 0 Å². The first kappa shape index (κ1) is 11.4. The molecule has 3 N–H and O–H groups in total. The van der Waals surface area contributed by atoms with Crippen LogP contribution in [0.25, 0.3) is 0 Å². The number of rotatable bonds is 3. The molecule has 0 aliphatic heterocycles. The van der Waals surface area contributed by atoms with Crippen LogP contribution in [0.2, 0.25) is 0 Å². The summed E-state index contributed by atoms with van der Waals surface area (Å²) in [6.45, 7) is 0.704. The molecule has 0 bridgehead atoms. The zero-order valence-electron chi connectivity index (χ0n) is 8.06. The molecule has 1 amide bonds. The second-order valence-electron chi connectivity index (χ2n) is 3.73. The molecule has 3 nitrogen and oxygen atoms in total. The number of hydrogen-bond donors (Lipinski definition) is 2. The molecule has 1 rings (SSSR count). The van der Waals surface area contributed by atoms with Gasteiger partial charge in [0, 0.05) is 31.8 Å². The SMILES string of the molecule is NCCNC(=O)C1CCCC(F)(F)C1. The van der Waals surface area contributed by atoms with E-state index >= 15 is 0 Å². The molecule has 0 aromatic rings. The third-order valence-electron chi connectivity index (χ3n) is 2.45. The van der Waals surface area contributed by atoms with E-state index in [1.807, 2.05) is 0 Å². The molecule has 1 unspecified atom stereocenters. The Morgan fingerprint density at radius 2 is 2.29 bits per heavy atom. The minimum atomic E-state index is -2.66. The van der Waals surface area contributed by atoms with Crippen LogP contribution in [0.3, 0.4) is 0 Å². The van der Waals surface area contributed by atoms with Crippen LogP contribution < -0.4 is 11.1 Å². The summed E-state index contributed by atoms with van der Waals surface area (Å²) in [5.74, 6) is -3.48. The van der Waals surface area contributed by atoms with E-state index in [9.17, 15) is 13.6 Å². The summed E-state index contributed by atoms with van der Waals surface area (Å²) in [7, 11) is 0. The molecule has 1 aliphatic carbocycles. The van der Waals surface area contributed by atoms with Gasteiger partial charge in [-0.25, -0.2) is 8.78 Å². The van der Waals surface area contributed by atoms with Crippen molar-refractivity contribution in [3.63, 3.8) is 0 Å². The third-order valence-corrected chi connectivity index (χ3v) is 2.45. The molecule has 1 atom stereocenters. The van der Waals surface area contributed by atoms with Crippen LogP contribution in [0.15, 0.2) is 0 Å². The smallest absolute Gasteiger partial charge is 0.248 e. The summed E-state index contributed by atoms with van der Waals surface area (Å²) in [6, 6.07) is 0. The third kappa shape index (κ3) is 3.21. The Kier molecular flexibility index (Phi) is 3.80. The Labute approximate surface area is 82.0 Å². The van der Waals surface area contributed by atoms with Gasteiger partial charge in [0.1, 0.15) is 0 Å². The van der Waals surface area contributed by atoms with E-state index in [4.69, 9.17) is 5.73 Å². The maximum Gasteiger partial charge on any atom is 0.248 e. The Morgan fingerprint density at radius 1 is 1.57 bits per heavy atom. The van der Waals surface area contributed by atoms with Gasteiger partial charge in [-0.2, -0.15) is 0 Å². The summed E-state index contributed by atoms with van der Waals surface area (Å²) in [5, 5.41) is 2.54. The van der Waals surface area contributed by atoms with Gasteiger partial charge < -0.3 is 11.1 Å². The predicted octanol–water partition coefficient (Wildman–Crippen LogP) is 0.887. The van der Waals surface area contributed by atoms with Gasteiger partial charge in [0.25, 0.3) is 0 Å². The molecule has 14 heavy (non-hydrogen) atoms. The van der Waals surface area contributed by atoms with E-state index < -0.39 is 11.8 Å². The van der Waals surface area contributed by atoms with Crippen LogP contribution in [-0.2, 0) is 4.79 Å². The van der Waals surface area contributed by atoms with Crippen molar-refractivity contribution in [1.29, 1.82) is 0 Å². The van der Waals surface area contributed by atoms with Crippen molar-refractivity contribution in [3.05, 3.63) is 0 Å². The largest absolute Gasteiger partial charge is 0.355 e. The van der Waals surface area contributed by atoms with Gasteiger partial charge in [-0.1, -0.05) is 0 Å². The van der Waals surface area contributed by atoms with Crippen LogP contribution in [0.4, 0.5) is 8.78 Å². The molecule has 0 aromatic heterocycles. The van der Waals surface area contributed by atoms with E-state index in [0.717, 1.165) is 0 Å². The van der Waals surface area contributed by atoms with Gasteiger partial charge in [0.2, 0.25) is 11.8 Å². The Balaban J connectivity index is 2.40. The number of halogens is 2. The van der Waals surface area contributed by atoms with Gasteiger partial charge in [-0.05, 0) is 12.8 Å². The zero-order chi connectivity index (χ0) is 10.6. The first-order valence-electron chi connectivity index (χ1n) is 4.91. The lowest BCUT2D eigenvalue weighted by molar-refractivity contribution is -0.132. The average molecular weight is 206 g/mol. The van der Waals surface area contributed by atoms with Crippen LogP contribution in [0, 0.1) is 5.92 Å². The summed E-state index contributed by atoms with van der Waals surface area (Å²) < 4.78 is 25.9. The van der Waals surface area contributed by atoms with Crippen molar-refractivity contribution in [3.8, 4) is 0 Å². The van der Waals surface area contributed by atoms with E-state index in [0.29, 0.717) is 25.9 Å². The number of carbonyl (C=O) groups excluding carboxylic acids is 1. The Hall–Kier alpha value is -0.710. The topological polar surface area (TPSA) is 55.1 Å².